The monoisotopic (exact) mass is 324 g/mol. The van der Waals surface area contributed by atoms with E-state index in [1.165, 1.54) is 13.8 Å². The summed E-state index contributed by atoms with van der Waals surface area (Å²) >= 11 is 0. The van der Waals surface area contributed by atoms with E-state index >= 15 is 0 Å². The molecule has 1 unspecified atom stereocenters. The van der Waals surface area contributed by atoms with Crippen LogP contribution in [0.1, 0.15) is 47.0 Å². The fourth-order valence-electron chi connectivity index (χ4n) is 2.00. The van der Waals surface area contributed by atoms with Crippen molar-refractivity contribution in [1.82, 2.24) is 0 Å². The van der Waals surface area contributed by atoms with E-state index in [4.69, 9.17) is 4.74 Å². The van der Waals surface area contributed by atoms with Gasteiger partial charge >= 0.3 is 23.9 Å². The molecule has 0 aliphatic carbocycles. The average Bonchev–Trinajstić information content (AvgIpc) is 2.58. The maximum atomic E-state index is 13.5. The molecule has 1 aliphatic heterocycles. The zero-order chi connectivity index (χ0) is 17.1. The fourth-order valence-corrected chi connectivity index (χ4v) is 2.00. The Morgan fingerprint density at radius 2 is 1.95 bits per heavy atom. The molecule has 5 nitrogen and oxygen atoms in total. The van der Waals surface area contributed by atoms with Crippen molar-refractivity contribution in [3.05, 3.63) is 11.3 Å². The highest BCUT2D eigenvalue weighted by molar-refractivity contribution is 5.92. The number of rotatable bonds is 6. The molecule has 0 aromatic heterocycles. The number of hydrogen-bond donors (Lipinski definition) is 0. The van der Waals surface area contributed by atoms with Crippen molar-refractivity contribution < 1.29 is 37.0 Å². The van der Waals surface area contributed by atoms with Gasteiger partial charge in [-0.2, -0.15) is 13.2 Å². The van der Waals surface area contributed by atoms with Crippen LogP contribution in [0.3, 0.4) is 0 Å². The smallest absolute Gasteiger partial charge is 0.477 e. The van der Waals surface area contributed by atoms with Crippen LogP contribution >= 0.6 is 0 Å². The molecule has 0 saturated carbocycles. The van der Waals surface area contributed by atoms with Crippen LogP contribution in [0.15, 0.2) is 11.3 Å². The van der Waals surface area contributed by atoms with Crippen LogP contribution in [-0.4, -0.2) is 30.0 Å². The van der Waals surface area contributed by atoms with Gasteiger partial charge in [0.05, 0.1) is 11.7 Å². The molecule has 8 heteroatoms. The van der Waals surface area contributed by atoms with E-state index < -0.39 is 35.8 Å². The molecular weight excluding hydrogens is 305 g/mol. The standard InChI is InChI=1S/C14H19F3O5/c1-5-6-7-10-11(20-8(2)3)13(14(15,16)17,21-9(4)18)22-12(10)19/h8H,5-7H2,1-4H3. The van der Waals surface area contributed by atoms with Crippen molar-refractivity contribution in [3.8, 4) is 0 Å². The topological polar surface area (TPSA) is 61.8 Å². The molecule has 0 bridgehead atoms. The van der Waals surface area contributed by atoms with Crippen molar-refractivity contribution in [2.45, 2.75) is 65.0 Å². The molecule has 0 aromatic carbocycles. The van der Waals surface area contributed by atoms with E-state index in [1.54, 1.807) is 0 Å². The highest BCUT2D eigenvalue weighted by Crippen LogP contribution is 2.48. The summed E-state index contributed by atoms with van der Waals surface area (Å²) in [6.45, 7) is 5.63. The minimum Gasteiger partial charge on any atom is -0.486 e. The van der Waals surface area contributed by atoms with Gasteiger partial charge in [-0.25, -0.2) is 4.79 Å². The van der Waals surface area contributed by atoms with Gasteiger partial charge < -0.3 is 14.2 Å². The minimum atomic E-state index is -5.15. The fraction of sp³-hybridized carbons (Fsp3) is 0.714. The Morgan fingerprint density at radius 1 is 1.36 bits per heavy atom. The molecule has 22 heavy (non-hydrogen) atoms. The summed E-state index contributed by atoms with van der Waals surface area (Å²) in [5, 5.41) is 0. The Labute approximate surface area is 126 Å². The first-order valence-corrected chi connectivity index (χ1v) is 6.95. The van der Waals surface area contributed by atoms with Gasteiger partial charge in [-0.05, 0) is 26.7 Å². The molecule has 0 amide bonds. The van der Waals surface area contributed by atoms with Crippen molar-refractivity contribution >= 4 is 11.9 Å². The van der Waals surface area contributed by atoms with Crippen LogP contribution in [0.5, 0.6) is 0 Å². The number of esters is 2. The lowest BCUT2D eigenvalue weighted by atomic mass is 10.1. The van der Waals surface area contributed by atoms with E-state index in [1.807, 2.05) is 6.92 Å². The Hall–Kier alpha value is -1.73. The summed E-state index contributed by atoms with van der Waals surface area (Å²) in [5.41, 5.74) is -0.242. The molecule has 0 spiro atoms. The van der Waals surface area contributed by atoms with E-state index in [2.05, 4.69) is 9.47 Å². The Bertz CT molecular complexity index is 481. The zero-order valence-corrected chi connectivity index (χ0v) is 12.9. The Morgan fingerprint density at radius 3 is 2.36 bits per heavy atom. The second kappa shape index (κ2) is 6.58. The number of unbranched alkanes of at least 4 members (excludes halogenated alkanes) is 1. The van der Waals surface area contributed by atoms with Crippen molar-refractivity contribution in [2.75, 3.05) is 0 Å². The normalized spacial score (nSPS) is 22.1. The lowest BCUT2D eigenvalue weighted by Gasteiger charge is -2.31. The van der Waals surface area contributed by atoms with E-state index in [0.717, 1.165) is 6.92 Å². The van der Waals surface area contributed by atoms with Crippen LogP contribution in [0.25, 0.3) is 0 Å². The van der Waals surface area contributed by atoms with Gasteiger partial charge in [-0.3, -0.25) is 4.79 Å². The van der Waals surface area contributed by atoms with E-state index in [9.17, 15) is 22.8 Å². The molecule has 1 heterocycles. The maximum Gasteiger partial charge on any atom is 0.477 e. The Kier molecular flexibility index (Phi) is 5.48. The molecule has 1 aliphatic rings. The van der Waals surface area contributed by atoms with Crippen molar-refractivity contribution in [2.24, 2.45) is 0 Å². The summed E-state index contributed by atoms with van der Waals surface area (Å²) < 4.78 is 54.4. The second-order valence-electron chi connectivity index (χ2n) is 5.18. The molecule has 0 fully saturated rings. The first kappa shape index (κ1) is 18.3. The highest BCUT2D eigenvalue weighted by atomic mass is 19.4. The first-order valence-electron chi connectivity index (χ1n) is 6.95. The lowest BCUT2D eigenvalue weighted by Crippen LogP contribution is -2.51. The van der Waals surface area contributed by atoms with Crippen LogP contribution in [0, 0.1) is 0 Å². The number of carbonyl (C=O) groups is 2. The van der Waals surface area contributed by atoms with E-state index in [-0.39, 0.29) is 12.0 Å². The third kappa shape index (κ3) is 3.53. The predicted molar refractivity (Wildman–Crippen MR) is 69.4 cm³/mol. The molecular formula is C14H19F3O5. The molecule has 1 atom stereocenters. The van der Waals surface area contributed by atoms with Crippen LogP contribution in [0.4, 0.5) is 13.2 Å². The highest BCUT2D eigenvalue weighted by Gasteiger charge is 2.70. The van der Waals surface area contributed by atoms with Crippen LogP contribution in [-0.2, 0) is 23.8 Å². The Balaban J connectivity index is 3.43. The molecule has 0 radical (unpaired) electrons. The number of cyclic esters (lactones) is 1. The summed E-state index contributed by atoms with van der Waals surface area (Å²) in [4.78, 5) is 23.0. The van der Waals surface area contributed by atoms with Gasteiger partial charge in [-0.15, -0.1) is 0 Å². The zero-order valence-electron chi connectivity index (χ0n) is 12.9. The van der Waals surface area contributed by atoms with Crippen LogP contribution < -0.4 is 0 Å². The van der Waals surface area contributed by atoms with Gasteiger partial charge in [-0.1, -0.05) is 13.3 Å². The van der Waals surface area contributed by atoms with Crippen molar-refractivity contribution in [1.29, 1.82) is 0 Å². The van der Waals surface area contributed by atoms with Crippen molar-refractivity contribution in [3.63, 3.8) is 0 Å². The van der Waals surface area contributed by atoms with Gasteiger partial charge in [0.2, 0.25) is 5.76 Å². The van der Waals surface area contributed by atoms with Gasteiger partial charge in [0, 0.05) is 6.92 Å². The third-order valence-corrected chi connectivity index (χ3v) is 2.85. The van der Waals surface area contributed by atoms with E-state index in [0.29, 0.717) is 12.8 Å². The van der Waals surface area contributed by atoms with Gasteiger partial charge in [0.1, 0.15) is 0 Å². The molecule has 126 valence electrons. The molecule has 1 rings (SSSR count). The largest absolute Gasteiger partial charge is 0.486 e. The number of hydrogen-bond acceptors (Lipinski definition) is 5. The quantitative estimate of drug-likeness (QED) is 0.702. The summed E-state index contributed by atoms with van der Waals surface area (Å²) in [7, 11) is 0. The SMILES string of the molecule is CCCCC1=C(OC(C)C)C(OC(C)=O)(C(F)(F)F)OC1=O. The number of alkyl halides is 3. The van der Waals surface area contributed by atoms with Crippen LogP contribution in [0.2, 0.25) is 0 Å². The maximum absolute atomic E-state index is 13.5. The number of halogens is 3. The third-order valence-electron chi connectivity index (χ3n) is 2.85. The molecule has 0 aromatic rings. The molecule has 0 saturated heterocycles. The predicted octanol–water partition coefficient (Wildman–Crippen LogP) is 3.23. The van der Waals surface area contributed by atoms with Gasteiger partial charge in [0.25, 0.3) is 0 Å². The second-order valence-corrected chi connectivity index (χ2v) is 5.18. The molecule has 0 N–H and O–H groups in total. The lowest BCUT2D eigenvalue weighted by molar-refractivity contribution is -0.341. The summed E-state index contributed by atoms with van der Waals surface area (Å²) in [5.74, 6) is -6.68. The summed E-state index contributed by atoms with van der Waals surface area (Å²) in [6, 6.07) is 0. The van der Waals surface area contributed by atoms with Gasteiger partial charge in [0.15, 0.2) is 0 Å². The number of ether oxygens (including phenoxy) is 3. The minimum absolute atomic E-state index is 0.0521. The average molecular weight is 324 g/mol. The number of carbonyl (C=O) groups excluding carboxylic acids is 2. The first-order chi connectivity index (χ1) is 10.0. The summed E-state index contributed by atoms with van der Waals surface area (Å²) in [6.07, 6.45) is -4.61.